The number of nitrogens with zero attached hydrogens (tertiary/aromatic N) is 3. The first-order chi connectivity index (χ1) is 23.0. The molecule has 5 aromatic carbocycles. The average Bonchev–Trinajstić information content (AvgIpc) is 3.49. The molecule has 0 aliphatic rings. The van der Waals surface area contributed by atoms with Gasteiger partial charge in [0, 0.05) is 22.0 Å². The SMILES string of the molecule is COc1ccc2cc(-c3cc(-c4ccccc4)nc4nc(-c5c(-c6ccccc6)[nH]c6ccc(C)cc56)c(C#N)c(N)c34)ccc2c1. The Labute approximate surface area is 271 Å². The number of nitrogens with two attached hydrogens (primary N) is 1. The van der Waals surface area contributed by atoms with E-state index in [9.17, 15) is 5.26 Å². The molecule has 0 radical (unpaired) electrons. The molecular formula is C41H29N5O. The Hall–Kier alpha value is -6.45. The molecule has 0 aliphatic heterocycles. The second kappa shape index (κ2) is 11.2. The number of methoxy groups -OCH3 is 1. The summed E-state index contributed by atoms with van der Waals surface area (Å²) < 4.78 is 5.45. The van der Waals surface area contributed by atoms with E-state index in [1.807, 2.05) is 72.8 Å². The highest BCUT2D eigenvalue weighted by molar-refractivity contribution is 6.10. The molecule has 6 nitrogen and oxygen atoms in total. The third-order valence-electron chi connectivity index (χ3n) is 8.79. The zero-order valence-corrected chi connectivity index (χ0v) is 25.9. The Balaban J connectivity index is 1.46. The maximum absolute atomic E-state index is 10.7. The molecule has 3 N–H and O–H groups in total. The summed E-state index contributed by atoms with van der Waals surface area (Å²) in [7, 11) is 1.67. The Bertz CT molecular complexity index is 2530. The number of anilines is 1. The third-order valence-corrected chi connectivity index (χ3v) is 8.79. The van der Waals surface area contributed by atoms with Gasteiger partial charge >= 0.3 is 0 Å². The fraction of sp³-hybridized carbons (Fsp3) is 0.0488. The van der Waals surface area contributed by atoms with Crippen molar-refractivity contribution in [2.45, 2.75) is 6.92 Å². The zero-order valence-electron chi connectivity index (χ0n) is 25.9. The Morgan fingerprint density at radius 3 is 2.21 bits per heavy atom. The molecule has 6 heteroatoms. The molecule has 47 heavy (non-hydrogen) atoms. The van der Waals surface area contributed by atoms with E-state index in [2.05, 4.69) is 66.5 Å². The smallest absolute Gasteiger partial charge is 0.163 e. The van der Waals surface area contributed by atoms with Crippen molar-refractivity contribution in [1.29, 1.82) is 5.26 Å². The molecule has 0 unspecified atom stereocenters. The minimum absolute atomic E-state index is 0.318. The minimum Gasteiger partial charge on any atom is -0.497 e. The molecule has 8 aromatic rings. The van der Waals surface area contributed by atoms with E-state index in [0.717, 1.165) is 72.2 Å². The van der Waals surface area contributed by atoms with E-state index in [0.29, 0.717) is 28.0 Å². The largest absolute Gasteiger partial charge is 0.497 e. The number of benzene rings is 5. The Kier molecular flexibility index (Phi) is 6.67. The van der Waals surface area contributed by atoms with Gasteiger partial charge in [-0.05, 0) is 70.8 Å². The number of aromatic amines is 1. The normalized spacial score (nSPS) is 11.3. The van der Waals surface area contributed by atoms with Crippen molar-refractivity contribution >= 4 is 38.4 Å². The molecule has 224 valence electrons. The number of nitrogen functional groups attached to an aromatic ring is 1. The van der Waals surface area contributed by atoms with E-state index in [1.54, 1.807) is 7.11 Å². The standard InChI is InChI=1S/C41H29N5O/c1-24-13-18-34-32(19-24)37(39(44-34)26-11-7-4-8-12-26)40-33(23-42)38(43)36-31(22-35(45-41(36)46-40)25-9-5-3-6-10-25)29-15-14-28-21-30(47-2)17-16-27(28)20-29/h3-22,44H,1-2H3,(H2,43,45,46). The van der Waals surface area contributed by atoms with Crippen molar-refractivity contribution in [3.8, 4) is 56.7 Å². The van der Waals surface area contributed by atoms with Crippen LogP contribution in [-0.4, -0.2) is 22.1 Å². The van der Waals surface area contributed by atoms with E-state index in [4.69, 9.17) is 20.4 Å². The third kappa shape index (κ3) is 4.73. The molecule has 0 saturated heterocycles. The zero-order chi connectivity index (χ0) is 32.1. The number of fused-ring (bicyclic) bond motifs is 3. The fourth-order valence-corrected chi connectivity index (χ4v) is 6.46. The number of rotatable bonds is 5. The number of pyridine rings is 2. The number of ether oxygens (including phenoxy) is 1. The molecule has 0 spiro atoms. The van der Waals surface area contributed by atoms with Crippen LogP contribution in [0.4, 0.5) is 5.69 Å². The molecule has 3 heterocycles. The first-order valence-corrected chi connectivity index (χ1v) is 15.4. The van der Waals surface area contributed by atoms with Gasteiger partial charge in [-0.15, -0.1) is 0 Å². The summed E-state index contributed by atoms with van der Waals surface area (Å²) in [6.07, 6.45) is 0. The predicted octanol–water partition coefficient (Wildman–Crippen LogP) is 9.70. The van der Waals surface area contributed by atoms with Crippen LogP contribution in [-0.2, 0) is 0 Å². The van der Waals surface area contributed by atoms with Gasteiger partial charge in [-0.3, -0.25) is 0 Å². The van der Waals surface area contributed by atoms with Gasteiger partial charge in [-0.1, -0.05) is 90.5 Å². The number of nitriles is 1. The van der Waals surface area contributed by atoms with Crippen molar-refractivity contribution < 1.29 is 4.74 Å². The van der Waals surface area contributed by atoms with Gasteiger partial charge in [0.2, 0.25) is 0 Å². The van der Waals surface area contributed by atoms with Gasteiger partial charge < -0.3 is 15.5 Å². The molecule has 0 atom stereocenters. The van der Waals surface area contributed by atoms with E-state index in [-0.39, 0.29) is 0 Å². The van der Waals surface area contributed by atoms with Crippen LogP contribution in [0.1, 0.15) is 11.1 Å². The number of hydrogen-bond donors (Lipinski definition) is 2. The number of hydrogen-bond acceptors (Lipinski definition) is 5. The summed E-state index contributed by atoms with van der Waals surface area (Å²) >= 11 is 0. The summed E-state index contributed by atoms with van der Waals surface area (Å²) in [5.41, 5.74) is 17.0. The number of aromatic nitrogens is 3. The average molecular weight is 608 g/mol. The monoisotopic (exact) mass is 607 g/mol. The van der Waals surface area contributed by atoms with Crippen molar-refractivity contribution in [3.05, 3.63) is 132 Å². The molecule has 8 rings (SSSR count). The summed E-state index contributed by atoms with van der Waals surface area (Å²) in [6.45, 7) is 2.06. The van der Waals surface area contributed by atoms with Crippen LogP contribution in [0.25, 0.3) is 77.6 Å². The van der Waals surface area contributed by atoms with Crippen LogP contribution < -0.4 is 10.5 Å². The number of aryl methyl sites for hydroxylation is 1. The van der Waals surface area contributed by atoms with Crippen molar-refractivity contribution in [2.24, 2.45) is 0 Å². The van der Waals surface area contributed by atoms with Crippen LogP contribution in [0, 0.1) is 18.3 Å². The molecule has 0 aliphatic carbocycles. The second-order valence-electron chi connectivity index (χ2n) is 11.7. The maximum Gasteiger partial charge on any atom is 0.163 e. The number of H-pyrrole nitrogens is 1. The lowest BCUT2D eigenvalue weighted by molar-refractivity contribution is 0.415. The second-order valence-corrected chi connectivity index (χ2v) is 11.7. The highest BCUT2D eigenvalue weighted by Crippen LogP contribution is 2.44. The molecule has 0 fully saturated rings. The summed E-state index contributed by atoms with van der Waals surface area (Å²) in [6, 6.07) is 43.2. The van der Waals surface area contributed by atoms with Gasteiger partial charge in [-0.2, -0.15) is 5.26 Å². The Morgan fingerprint density at radius 2 is 1.47 bits per heavy atom. The van der Waals surface area contributed by atoms with Crippen LogP contribution in [0.3, 0.4) is 0 Å². The summed E-state index contributed by atoms with van der Waals surface area (Å²) in [5.74, 6) is 0.799. The van der Waals surface area contributed by atoms with Gasteiger partial charge in [0.25, 0.3) is 0 Å². The molecule has 0 bridgehead atoms. The summed E-state index contributed by atoms with van der Waals surface area (Å²) in [5, 5.41) is 14.4. The lowest BCUT2D eigenvalue weighted by Crippen LogP contribution is -2.03. The quantitative estimate of drug-likeness (QED) is 0.203. The first kappa shape index (κ1) is 28.1. The minimum atomic E-state index is 0.318. The van der Waals surface area contributed by atoms with Gasteiger partial charge in [0.1, 0.15) is 17.4 Å². The van der Waals surface area contributed by atoms with Crippen LogP contribution in [0.5, 0.6) is 5.75 Å². The number of nitrogens with one attached hydrogen (secondary N) is 1. The van der Waals surface area contributed by atoms with Gasteiger partial charge in [0.05, 0.1) is 35.3 Å². The summed E-state index contributed by atoms with van der Waals surface area (Å²) in [4.78, 5) is 13.9. The van der Waals surface area contributed by atoms with Gasteiger partial charge in [-0.25, -0.2) is 9.97 Å². The highest BCUT2D eigenvalue weighted by atomic mass is 16.5. The van der Waals surface area contributed by atoms with Crippen LogP contribution in [0.15, 0.2) is 121 Å². The fourth-order valence-electron chi connectivity index (χ4n) is 6.46. The molecule has 0 amide bonds. The first-order valence-electron chi connectivity index (χ1n) is 15.4. The van der Waals surface area contributed by atoms with Gasteiger partial charge in [0.15, 0.2) is 5.65 Å². The molecular weight excluding hydrogens is 578 g/mol. The molecule has 0 saturated carbocycles. The Morgan fingerprint density at radius 1 is 0.745 bits per heavy atom. The topological polar surface area (TPSA) is 101 Å². The van der Waals surface area contributed by atoms with Crippen LogP contribution in [0.2, 0.25) is 0 Å². The van der Waals surface area contributed by atoms with E-state index in [1.165, 1.54) is 0 Å². The van der Waals surface area contributed by atoms with Crippen molar-refractivity contribution in [1.82, 2.24) is 15.0 Å². The lowest BCUT2D eigenvalue weighted by atomic mass is 9.93. The van der Waals surface area contributed by atoms with Crippen molar-refractivity contribution in [3.63, 3.8) is 0 Å². The predicted molar refractivity (Wildman–Crippen MR) is 191 cm³/mol. The van der Waals surface area contributed by atoms with E-state index < -0.39 is 0 Å². The maximum atomic E-state index is 10.7. The van der Waals surface area contributed by atoms with E-state index >= 15 is 0 Å². The van der Waals surface area contributed by atoms with Crippen molar-refractivity contribution in [2.75, 3.05) is 12.8 Å². The van der Waals surface area contributed by atoms with Crippen LogP contribution >= 0.6 is 0 Å². The lowest BCUT2D eigenvalue weighted by Gasteiger charge is -2.16. The highest BCUT2D eigenvalue weighted by Gasteiger charge is 2.25. The molecule has 3 aromatic heterocycles.